The maximum Gasteiger partial charge on any atom is 0.163 e. The second-order valence-corrected chi connectivity index (χ2v) is 8.00. The molecule has 2 rings (SSSR count). The summed E-state index contributed by atoms with van der Waals surface area (Å²) in [4.78, 5) is 36.2. The highest BCUT2D eigenvalue weighted by molar-refractivity contribution is 6.00. The lowest BCUT2D eigenvalue weighted by atomic mass is 9.72. The molecule has 0 N–H and O–H groups in total. The Morgan fingerprint density at radius 1 is 1.12 bits per heavy atom. The van der Waals surface area contributed by atoms with E-state index in [2.05, 4.69) is 19.9 Å². The fourth-order valence-electron chi connectivity index (χ4n) is 4.68. The number of hydrogen-bond acceptors (Lipinski definition) is 3. The van der Waals surface area contributed by atoms with Gasteiger partial charge in [-0.25, -0.2) is 0 Å². The summed E-state index contributed by atoms with van der Waals surface area (Å²) >= 11 is 0. The van der Waals surface area contributed by atoms with Crippen LogP contribution in [0.1, 0.15) is 80.8 Å². The minimum atomic E-state index is -0.0597. The van der Waals surface area contributed by atoms with E-state index in [0.29, 0.717) is 24.7 Å². The zero-order valence-corrected chi connectivity index (χ0v) is 16.6. The quantitative estimate of drug-likeness (QED) is 0.577. The molecule has 0 bridgehead atoms. The molecule has 0 aromatic heterocycles. The van der Waals surface area contributed by atoms with Gasteiger partial charge in [0.05, 0.1) is 6.42 Å². The van der Waals surface area contributed by atoms with Gasteiger partial charge in [0.1, 0.15) is 11.6 Å². The smallest absolute Gasteiger partial charge is 0.163 e. The van der Waals surface area contributed by atoms with Crippen LogP contribution in [0, 0.1) is 24.7 Å². The van der Waals surface area contributed by atoms with Gasteiger partial charge in [-0.05, 0) is 55.6 Å². The van der Waals surface area contributed by atoms with Crippen molar-refractivity contribution in [2.75, 3.05) is 0 Å². The summed E-state index contributed by atoms with van der Waals surface area (Å²) in [5, 5.41) is 0. The lowest BCUT2D eigenvalue weighted by molar-refractivity contribution is -0.126. The number of hydrogen-bond donors (Lipinski definition) is 0. The first-order valence-electron chi connectivity index (χ1n) is 9.98. The lowest BCUT2D eigenvalue weighted by Gasteiger charge is -2.31. The Morgan fingerprint density at radius 3 is 2.42 bits per heavy atom. The van der Waals surface area contributed by atoms with Crippen LogP contribution in [-0.2, 0) is 16.0 Å². The van der Waals surface area contributed by atoms with E-state index in [1.807, 2.05) is 19.1 Å². The van der Waals surface area contributed by atoms with Crippen molar-refractivity contribution in [3.05, 3.63) is 34.9 Å². The second-order valence-electron chi connectivity index (χ2n) is 8.00. The second kappa shape index (κ2) is 9.25. The van der Waals surface area contributed by atoms with Gasteiger partial charge in [-0.1, -0.05) is 44.9 Å². The van der Waals surface area contributed by atoms with Crippen LogP contribution >= 0.6 is 0 Å². The molecule has 0 saturated heterocycles. The van der Waals surface area contributed by atoms with Crippen LogP contribution in [0.15, 0.2) is 18.2 Å². The van der Waals surface area contributed by atoms with Gasteiger partial charge in [-0.15, -0.1) is 0 Å². The van der Waals surface area contributed by atoms with E-state index in [4.69, 9.17) is 0 Å². The fraction of sp³-hybridized carbons (Fsp3) is 0.609. The number of ketones is 3. The van der Waals surface area contributed by atoms with E-state index >= 15 is 0 Å². The van der Waals surface area contributed by atoms with Crippen molar-refractivity contribution in [1.29, 1.82) is 0 Å². The molecule has 3 nitrogen and oxygen atoms in total. The van der Waals surface area contributed by atoms with E-state index in [0.717, 1.165) is 42.4 Å². The summed E-state index contributed by atoms with van der Waals surface area (Å²) in [6.07, 6.45) is 4.97. The zero-order chi connectivity index (χ0) is 19.3. The van der Waals surface area contributed by atoms with Crippen LogP contribution in [0.5, 0.6) is 0 Å². The Hall–Kier alpha value is -1.77. The maximum absolute atomic E-state index is 12.7. The molecule has 0 spiro atoms. The van der Waals surface area contributed by atoms with E-state index in [-0.39, 0.29) is 29.7 Å². The number of benzene rings is 1. The van der Waals surface area contributed by atoms with Gasteiger partial charge < -0.3 is 0 Å². The Kier molecular flexibility index (Phi) is 7.31. The fourth-order valence-corrected chi connectivity index (χ4v) is 4.68. The van der Waals surface area contributed by atoms with Crippen LogP contribution in [0.4, 0.5) is 0 Å². The number of aryl methyl sites for hydroxylation is 1. The minimum absolute atomic E-state index is 0.0439. The van der Waals surface area contributed by atoms with Crippen molar-refractivity contribution >= 4 is 17.3 Å². The molecular weight excluding hydrogens is 324 g/mol. The van der Waals surface area contributed by atoms with Crippen LogP contribution < -0.4 is 0 Å². The topological polar surface area (TPSA) is 51.2 Å². The predicted molar refractivity (Wildman–Crippen MR) is 104 cm³/mol. The molecule has 2 unspecified atom stereocenters. The van der Waals surface area contributed by atoms with Crippen LogP contribution in [0.3, 0.4) is 0 Å². The molecule has 0 fully saturated rings. The molecule has 3 heteroatoms. The van der Waals surface area contributed by atoms with Crippen molar-refractivity contribution in [1.82, 2.24) is 0 Å². The molecule has 1 aliphatic carbocycles. The molecule has 0 amide bonds. The van der Waals surface area contributed by atoms with E-state index in [9.17, 15) is 14.4 Å². The van der Waals surface area contributed by atoms with Crippen molar-refractivity contribution in [3.63, 3.8) is 0 Å². The third-order valence-corrected chi connectivity index (χ3v) is 5.91. The minimum Gasteiger partial charge on any atom is -0.300 e. The monoisotopic (exact) mass is 356 g/mol. The molecule has 1 aromatic carbocycles. The first-order chi connectivity index (χ1) is 12.3. The van der Waals surface area contributed by atoms with E-state index in [1.165, 1.54) is 6.92 Å². The highest BCUT2D eigenvalue weighted by Gasteiger charge is 2.31. The number of Topliss-reactive ketones (excluding diaryl/α,β-unsaturated/α-hetero) is 3. The van der Waals surface area contributed by atoms with Gasteiger partial charge in [-0.2, -0.15) is 0 Å². The molecule has 26 heavy (non-hydrogen) atoms. The normalized spacial score (nSPS) is 17.9. The molecule has 1 aliphatic rings. The summed E-state index contributed by atoms with van der Waals surface area (Å²) < 4.78 is 0. The van der Waals surface area contributed by atoms with Crippen LogP contribution in [0.2, 0.25) is 0 Å². The Labute approximate surface area is 157 Å². The first kappa shape index (κ1) is 20.5. The first-order valence-corrected chi connectivity index (χ1v) is 9.98. The summed E-state index contributed by atoms with van der Waals surface area (Å²) in [6.45, 7) is 7.82. The Bertz CT molecular complexity index is 670. The van der Waals surface area contributed by atoms with Gasteiger partial charge in [-0.3, -0.25) is 14.4 Å². The molecular formula is C23H32O3. The summed E-state index contributed by atoms with van der Waals surface area (Å²) in [7, 11) is 0. The highest BCUT2D eigenvalue weighted by Crippen LogP contribution is 2.36. The molecule has 1 aromatic rings. The van der Waals surface area contributed by atoms with E-state index in [1.54, 1.807) is 0 Å². The largest absolute Gasteiger partial charge is 0.300 e. The van der Waals surface area contributed by atoms with Crippen molar-refractivity contribution in [2.45, 2.75) is 72.6 Å². The molecule has 0 heterocycles. The Morgan fingerprint density at radius 2 is 1.81 bits per heavy atom. The average molecular weight is 357 g/mol. The number of carbonyl (C=O) groups is 3. The maximum atomic E-state index is 12.7. The summed E-state index contributed by atoms with van der Waals surface area (Å²) in [5.74, 6) is 1.27. The number of fused-ring (bicyclic) bond motifs is 1. The SMILES string of the molecule is CCC(CC)C(CC(=O)CC(C)=O)CC1CC(=O)c2c(C)cccc2C1. The third kappa shape index (κ3) is 5.12. The predicted octanol–water partition coefficient (Wildman–Crippen LogP) is 5.12. The van der Waals surface area contributed by atoms with Gasteiger partial charge in [0.2, 0.25) is 0 Å². The molecule has 0 saturated carbocycles. The van der Waals surface area contributed by atoms with Gasteiger partial charge in [0.15, 0.2) is 5.78 Å². The zero-order valence-electron chi connectivity index (χ0n) is 16.6. The lowest BCUT2D eigenvalue weighted by Crippen LogP contribution is -2.27. The summed E-state index contributed by atoms with van der Waals surface area (Å²) in [5.41, 5.74) is 3.14. The molecule has 142 valence electrons. The van der Waals surface area contributed by atoms with Crippen molar-refractivity contribution < 1.29 is 14.4 Å². The summed E-state index contributed by atoms with van der Waals surface area (Å²) in [6, 6.07) is 6.10. The van der Waals surface area contributed by atoms with Crippen LogP contribution in [-0.4, -0.2) is 17.3 Å². The number of carbonyl (C=O) groups excluding carboxylic acids is 3. The number of rotatable bonds is 9. The third-order valence-electron chi connectivity index (χ3n) is 5.91. The molecule has 2 atom stereocenters. The standard InChI is InChI=1S/C23H32O3/c1-5-18(6-2)20(14-21(25)10-16(4)24)12-17-11-19-9-7-8-15(3)23(19)22(26)13-17/h7-9,17-18,20H,5-6,10-14H2,1-4H3. The molecule has 0 aliphatic heterocycles. The van der Waals surface area contributed by atoms with Crippen LogP contribution in [0.25, 0.3) is 0 Å². The molecule has 0 radical (unpaired) electrons. The van der Waals surface area contributed by atoms with Crippen molar-refractivity contribution in [3.8, 4) is 0 Å². The van der Waals surface area contributed by atoms with Crippen molar-refractivity contribution in [2.24, 2.45) is 17.8 Å². The Balaban J connectivity index is 2.14. The van der Waals surface area contributed by atoms with Gasteiger partial charge >= 0.3 is 0 Å². The van der Waals surface area contributed by atoms with Gasteiger partial charge in [0, 0.05) is 18.4 Å². The highest BCUT2D eigenvalue weighted by atomic mass is 16.1. The van der Waals surface area contributed by atoms with Gasteiger partial charge in [0.25, 0.3) is 0 Å². The van der Waals surface area contributed by atoms with E-state index < -0.39 is 0 Å². The average Bonchev–Trinajstić information content (AvgIpc) is 2.54.